The molecule has 120 valence electrons. The van der Waals surface area contributed by atoms with Gasteiger partial charge in [-0.15, -0.1) is 0 Å². The van der Waals surface area contributed by atoms with Gasteiger partial charge < -0.3 is 10.1 Å². The molecule has 1 N–H and O–H groups in total. The summed E-state index contributed by atoms with van der Waals surface area (Å²) in [7, 11) is -1.22. The first-order valence-electron chi connectivity index (χ1n) is 6.50. The molecule has 1 aromatic carbocycles. The maximum Gasteiger partial charge on any atom is 0.437 e. The van der Waals surface area contributed by atoms with Gasteiger partial charge in [-0.1, -0.05) is 30.3 Å². The van der Waals surface area contributed by atoms with Crippen LogP contribution in [0.15, 0.2) is 30.3 Å². The first-order valence-corrected chi connectivity index (χ1v) is 8.00. The van der Waals surface area contributed by atoms with E-state index in [-0.39, 0.29) is 13.2 Å². The second-order valence-corrected chi connectivity index (χ2v) is 6.66. The lowest BCUT2D eigenvalue weighted by Gasteiger charge is -2.40. The van der Waals surface area contributed by atoms with Crippen molar-refractivity contribution >= 4 is 19.7 Å². The largest absolute Gasteiger partial charge is 0.445 e. The molecule has 0 bridgehead atoms. The Morgan fingerprint density at radius 2 is 1.95 bits per heavy atom. The highest BCUT2D eigenvalue weighted by atomic mass is 31.2. The predicted octanol–water partition coefficient (Wildman–Crippen LogP) is 1.52. The summed E-state index contributed by atoms with van der Waals surface area (Å²) in [5.74, 6) is -0.538. The third-order valence-corrected chi connectivity index (χ3v) is 5.04. The van der Waals surface area contributed by atoms with Crippen molar-refractivity contribution in [1.29, 1.82) is 0 Å². The minimum Gasteiger partial charge on any atom is -0.445 e. The zero-order chi connectivity index (χ0) is 16.2. The minimum absolute atomic E-state index is 0.0399. The van der Waals surface area contributed by atoms with Crippen LogP contribution in [-0.2, 0) is 29.8 Å². The molecule has 0 unspecified atom stereocenters. The van der Waals surface area contributed by atoms with Crippen LogP contribution in [-0.4, -0.2) is 43.5 Å². The van der Waals surface area contributed by atoms with E-state index in [0.717, 1.165) is 10.2 Å². The molecule has 8 nitrogen and oxygen atoms in total. The van der Waals surface area contributed by atoms with Gasteiger partial charge in [0.25, 0.3) is 5.91 Å². The second kappa shape index (κ2) is 6.91. The van der Waals surface area contributed by atoms with E-state index < -0.39 is 25.8 Å². The van der Waals surface area contributed by atoms with Crippen LogP contribution in [0.5, 0.6) is 0 Å². The fourth-order valence-corrected chi connectivity index (χ4v) is 3.20. The van der Waals surface area contributed by atoms with E-state index in [1.54, 1.807) is 0 Å². The Bertz CT molecular complexity index is 585. The van der Waals surface area contributed by atoms with E-state index in [4.69, 9.17) is 13.8 Å². The first kappa shape index (κ1) is 16.5. The average Bonchev–Trinajstić information content (AvgIpc) is 2.56. The summed E-state index contributed by atoms with van der Waals surface area (Å²) >= 11 is 0. The van der Waals surface area contributed by atoms with Gasteiger partial charge in [0, 0.05) is 14.2 Å². The van der Waals surface area contributed by atoms with Gasteiger partial charge in [-0.3, -0.25) is 13.8 Å². The molecule has 0 aliphatic carbocycles. The molecule has 0 aromatic heterocycles. The van der Waals surface area contributed by atoms with Gasteiger partial charge in [-0.25, -0.2) is 14.0 Å². The summed E-state index contributed by atoms with van der Waals surface area (Å²) in [5, 5.41) is 2.40. The molecule has 1 aromatic rings. The molecule has 2 rings (SSSR count). The number of amides is 2. The minimum atomic E-state index is -3.59. The summed E-state index contributed by atoms with van der Waals surface area (Å²) in [5.41, 5.74) is 0.836. The number of benzene rings is 1. The van der Waals surface area contributed by atoms with Crippen LogP contribution in [0.25, 0.3) is 0 Å². The predicted molar refractivity (Wildman–Crippen MR) is 76.9 cm³/mol. The van der Waals surface area contributed by atoms with E-state index in [1.165, 1.54) is 14.2 Å². The number of nitrogens with one attached hydrogen (secondary N) is 1. The van der Waals surface area contributed by atoms with Gasteiger partial charge in [-0.05, 0) is 5.56 Å². The number of carbonyl (C=O) groups excluding carboxylic acids is 2. The molecular formula is C13H17N2O6P. The fourth-order valence-electron chi connectivity index (χ4n) is 1.92. The van der Waals surface area contributed by atoms with Crippen LogP contribution in [0.4, 0.5) is 4.79 Å². The highest BCUT2D eigenvalue weighted by molar-refractivity contribution is 7.52. The van der Waals surface area contributed by atoms with Crippen molar-refractivity contribution < 1.29 is 27.9 Å². The second-order valence-electron chi connectivity index (χ2n) is 4.51. The maximum atomic E-state index is 12.0. The number of rotatable bonds is 6. The molecule has 22 heavy (non-hydrogen) atoms. The van der Waals surface area contributed by atoms with Gasteiger partial charge >= 0.3 is 13.8 Å². The molecule has 1 fully saturated rings. The zero-order valence-electron chi connectivity index (χ0n) is 12.2. The molecule has 1 atom stereocenters. The van der Waals surface area contributed by atoms with E-state index in [2.05, 4.69) is 5.32 Å². The van der Waals surface area contributed by atoms with Gasteiger partial charge in [0.2, 0.25) is 0 Å². The third-order valence-electron chi connectivity index (χ3n) is 3.17. The van der Waals surface area contributed by atoms with Gasteiger partial charge in [0.05, 0.1) is 6.54 Å². The maximum absolute atomic E-state index is 12.0. The summed E-state index contributed by atoms with van der Waals surface area (Å²) in [6.45, 7) is 0.143. The van der Waals surface area contributed by atoms with Crippen molar-refractivity contribution in [1.82, 2.24) is 9.99 Å². The number of alkyl carbamates (subject to hydrolysis) is 1. The summed E-state index contributed by atoms with van der Waals surface area (Å²) in [4.78, 5) is 23.5. The Balaban J connectivity index is 1.80. The van der Waals surface area contributed by atoms with E-state index in [0.29, 0.717) is 0 Å². The summed E-state index contributed by atoms with van der Waals surface area (Å²) in [6, 6.07) is 8.36. The van der Waals surface area contributed by atoms with E-state index >= 15 is 0 Å². The van der Waals surface area contributed by atoms with Crippen LogP contribution < -0.4 is 5.32 Å². The van der Waals surface area contributed by atoms with Crippen LogP contribution in [0.2, 0.25) is 0 Å². The van der Waals surface area contributed by atoms with Crippen molar-refractivity contribution in [3.05, 3.63) is 35.9 Å². The molecule has 9 heteroatoms. The lowest BCUT2D eigenvalue weighted by molar-refractivity contribution is -0.138. The molecule has 2 amide bonds. The highest BCUT2D eigenvalue weighted by Crippen LogP contribution is 2.53. The number of β-lactam (4-membered cyclic amide) rings is 1. The summed E-state index contributed by atoms with van der Waals surface area (Å²) < 4.78 is 27.4. The number of ether oxygens (including phenoxy) is 1. The number of carbonyl (C=O) groups is 2. The fraction of sp³-hybridized carbons (Fsp3) is 0.385. The smallest absolute Gasteiger partial charge is 0.437 e. The van der Waals surface area contributed by atoms with Crippen LogP contribution in [0.3, 0.4) is 0 Å². The average molecular weight is 328 g/mol. The monoisotopic (exact) mass is 328 g/mol. The SMILES string of the molecule is COP(=O)(OC)N1C[C@H](NC(=O)OCc2ccccc2)C1=O. The topological polar surface area (TPSA) is 94.2 Å². The quantitative estimate of drug-likeness (QED) is 0.628. The number of hydrogen-bond donors (Lipinski definition) is 1. The van der Waals surface area contributed by atoms with Crippen molar-refractivity contribution in [3.8, 4) is 0 Å². The van der Waals surface area contributed by atoms with Gasteiger partial charge in [0.1, 0.15) is 12.6 Å². The molecule has 0 saturated carbocycles. The van der Waals surface area contributed by atoms with Crippen LogP contribution >= 0.6 is 7.75 Å². The Hall–Kier alpha value is -1.89. The molecule has 1 aliphatic rings. The van der Waals surface area contributed by atoms with Crippen LogP contribution in [0.1, 0.15) is 5.56 Å². The van der Waals surface area contributed by atoms with E-state index in [9.17, 15) is 14.2 Å². The highest BCUT2D eigenvalue weighted by Gasteiger charge is 2.49. The van der Waals surface area contributed by atoms with Gasteiger partial charge in [0.15, 0.2) is 0 Å². The van der Waals surface area contributed by atoms with Crippen molar-refractivity contribution in [2.45, 2.75) is 12.6 Å². The van der Waals surface area contributed by atoms with Crippen molar-refractivity contribution in [2.75, 3.05) is 20.8 Å². The zero-order valence-corrected chi connectivity index (χ0v) is 13.1. The number of hydrogen-bond acceptors (Lipinski definition) is 6. The Labute approximate surface area is 127 Å². The first-order chi connectivity index (χ1) is 10.5. The van der Waals surface area contributed by atoms with E-state index in [1.807, 2.05) is 30.3 Å². The van der Waals surface area contributed by atoms with Crippen molar-refractivity contribution in [2.24, 2.45) is 0 Å². The van der Waals surface area contributed by atoms with Crippen LogP contribution in [0, 0.1) is 0 Å². The molecular weight excluding hydrogens is 311 g/mol. The Kier molecular flexibility index (Phi) is 5.18. The Morgan fingerprint density at radius 1 is 1.32 bits per heavy atom. The molecule has 0 spiro atoms. The lowest BCUT2D eigenvalue weighted by atomic mass is 10.2. The van der Waals surface area contributed by atoms with Gasteiger partial charge in [-0.2, -0.15) is 0 Å². The third kappa shape index (κ3) is 3.47. The molecule has 1 heterocycles. The number of nitrogens with zero attached hydrogens (tertiary/aromatic N) is 1. The summed E-state index contributed by atoms with van der Waals surface area (Å²) in [6.07, 6.45) is -0.716. The lowest BCUT2D eigenvalue weighted by Crippen LogP contribution is -2.62. The van der Waals surface area contributed by atoms with Crippen molar-refractivity contribution in [3.63, 3.8) is 0 Å². The standard InChI is InChI=1S/C13H17N2O6P/c1-19-22(18,20-2)15-8-11(12(15)16)14-13(17)21-9-10-6-4-3-5-7-10/h3-7,11H,8-9H2,1-2H3,(H,14,17)/t11-/m0/s1. The normalized spacial score (nSPS) is 17.8. The molecule has 1 saturated heterocycles. The molecule has 1 aliphatic heterocycles. The molecule has 0 radical (unpaired) electrons. The Morgan fingerprint density at radius 3 is 2.50 bits per heavy atom.